The first-order chi connectivity index (χ1) is 6.84. The summed E-state index contributed by atoms with van der Waals surface area (Å²) in [6.45, 7) is 0.222. The molecule has 1 N–H and O–H groups in total. The first kappa shape index (κ1) is 11.5. The summed E-state index contributed by atoms with van der Waals surface area (Å²) in [4.78, 5) is 4.71. The minimum absolute atomic E-state index is 0.222. The van der Waals surface area contributed by atoms with Crippen molar-refractivity contribution >= 4 is 11.2 Å². The number of aliphatic hydroxyl groups is 1. The minimum atomic E-state index is -0.931. The normalized spacial score (nSPS) is 12.7. The Morgan fingerprint density at radius 2 is 2.21 bits per heavy atom. The lowest BCUT2D eigenvalue weighted by atomic mass is 10.3. The molecule has 1 unspecified atom stereocenters. The largest absolute Gasteiger partial charge is 0.611 e. The molecule has 0 bridgehead atoms. The van der Waals surface area contributed by atoms with Crippen LogP contribution in [0.3, 0.4) is 0 Å². The van der Waals surface area contributed by atoms with E-state index in [-0.39, 0.29) is 6.61 Å². The van der Waals surface area contributed by atoms with Gasteiger partial charge in [-0.2, -0.15) is 0 Å². The molecule has 0 spiro atoms. The van der Waals surface area contributed by atoms with Gasteiger partial charge in [-0.3, -0.25) is 4.98 Å². The SMILES string of the molecule is [O-][S+](CCCCCO)c1cccnc1. The van der Waals surface area contributed by atoms with Gasteiger partial charge in [0.2, 0.25) is 0 Å². The maximum absolute atomic E-state index is 11.6. The number of hydrogen-bond acceptors (Lipinski definition) is 3. The quantitative estimate of drug-likeness (QED) is 0.573. The lowest BCUT2D eigenvalue weighted by Gasteiger charge is -2.08. The van der Waals surface area contributed by atoms with Gasteiger partial charge in [0.1, 0.15) is 5.75 Å². The number of hydrogen-bond donors (Lipinski definition) is 1. The van der Waals surface area contributed by atoms with E-state index in [1.54, 1.807) is 18.5 Å². The molecule has 0 aliphatic heterocycles. The third-order valence-electron chi connectivity index (χ3n) is 1.89. The van der Waals surface area contributed by atoms with Gasteiger partial charge in [-0.1, -0.05) is 0 Å². The Bertz CT molecular complexity index is 243. The van der Waals surface area contributed by atoms with Gasteiger partial charge in [-0.15, -0.1) is 0 Å². The molecule has 3 nitrogen and oxygen atoms in total. The third kappa shape index (κ3) is 4.09. The van der Waals surface area contributed by atoms with Gasteiger partial charge in [-0.05, 0) is 42.6 Å². The molecule has 0 amide bonds. The second-order valence-corrected chi connectivity index (χ2v) is 4.59. The van der Waals surface area contributed by atoms with E-state index in [0.717, 1.165) is 24.2 Å². The second kappa shape index (κ2) is 6.81. The van der Waals surface area contributed by atoms with Crippen LogP contribution in [-0.4, -0.2) is 27.0 Å². The number of rotatable bonds is 6. The average Bonchev–Trinajstić information content (AvgIpc) is 2.25. The van der Waals surface area contributed by atoms with Crippen LogP contribution >= 0.6 is 0 Å². The number of aromatic nitrogens is 1. The number of pyridine rings is 1. The lowest BCUT2D eigenvalue weighted by molar-refractivity contribution is 0.284. The minimum Gasteiger partial charge on any atom is -0.611 e. The molecule has 1 aromatic heterocycles. The molecule has 1 atom stereocenters. The molecule has 4 heteroatoms. The molecular formula is C10H15NO2S. The summed E-state index contributed by atoms with van der Waals surface area (Å²) in [5, 5.41) is 8.56. The molecule has 14 heavy (non-hydrogen) atoms. The predicted octanol–water partition coefficient (Wildman–Crippen LogP) is 1.35. The molecule has 1 aromatic rings. The molecule has 0 aromatic carbocycles. The topological polar surface area (TPSA) is 56.2 Å². The molecule has 0 saturated heterocycles. The molecule has 0 radical (unpaired) electrons. The van der Waals surface area contributed by atoms with Gasteiger partial charge < -0.3 is 9.66 Å². The zero-order chi connectivity index (χ0) is 10.2. The zero-order valence-electron chi connectivity index (χ0n) is 8.06. The number of nitrogens with zero attached hydrogens (tertiary/aromatic N) is 1. The Balaban J connectivity index is 2.25. The van der Waals surface area contributed by atoms with Crippen molar-refractivity contribution in [3.63, 3.8) is 0 Å². The van der Waals surface area contributed by atoms with Crippen LogP contribution in [0, 0.1) is 0 Å². The molecule has 78 valence electrons. The van der Waals surface area contributed by atoms with Crippen LogP contribution in [0.25, 0.3) is 0 Å². The second-order valence-electron chi connectivity index (χ2n) is 3.02. The zero-order valence-corrected chi connectivity index (χ0v) is 8.87. The van der Waals surface area contributed by atoms with E-state index in [0.29, 0.717) is 5.75 Å². The highest BCUT2D eigenvalue weighted by Crippen LogP contribution is 2.10. The molecule has 0 fully saturated rings. The Morgan fingerprint density at radius 3 is 2.86 bits per heavy atom. The van der Waals surface area contributed by atoms with Crippen molar-refractivity contribution in [1.82, 2.24) is 4.98 Å². The highest BCUT2D eigenvalue weighted by Gasteiger charge is 2.09. The summed E-state index contributed by atoms with van der Waals surface area (Å²) >= 11 is -0.931. The summed E-state index contributed by atoms with van der Waals surface area (Å²) in [6.07, 6.45) is 5.93. The van der Waals surface area contributed by atoms with E-state index < -0.39 is 11.2 Å². The monoisotopic (exact) mass is 213 g/mol. The average molecular weight is 213 g/mol. The van der Waals surface area contributed by atoms with Crippen molar-refractivity contribution in [2.75, 3.05) is 12.4 Å². The van der Waals surface area contributed by atoms with Crippen molar-refractivity contribution in [2.24, 2.45) is 0 Å². The van der Waals surface area contributed by atoms with Crippen LogP contribution < -0.4 is 0 Å². The van der Waals surface area contributed by atoms with Crippen molar-refractivity contribution in [2.45, 2.75) is 24.2 Å². The van der Waals surface area contributed by atoms with Crippen LogP contribution in [0.1, 0.15) is 19.3 Å². The summed E-state index contributed by atoms with van der Waals surface area (Å²) in [7, 11) is 0. The molecule has 1 heterocycles. The van der Waals surface area contributed by atoms with E-state index in [9.17, 15) is 4.55 Å². The molecular weight excluding hydrogens is 198 g/mol. The Hall–Kier alpha value is -0.580. The maximum Gasteiger partial charge on any atom is 0.170 e. The Labute approximate surface area is 87.4 Å². The summed E-state index contributed by atoms with van der Waals surface area (Å²) in [5.41, 5.74) is 0. The van der Waals surface area contributed by atoms with Gasteiger partial charge in [0.05, 0.1) is 6.20 Å². The summed E-state index contributed by atoms with van der Waals surface area (Å²) in [5.74, 6) is 0.658. The van der Waals surface area contributed by atoms with E-state index >= 15 is 0 Å². The fraction of sp³-hybridized carbons (Fsp3) is 0.500. The predicted molar refractivity (Wildman–Crippen MR) is 56.4 cm³/mol. The van der Waals surface area contributed by atoms with Crippen LogP contribution in [0.2, 0.25) is 0 Å². The fourth-order valence-corrected chi connectivity index (χ4v) is 2.23. The van der Waals surface area contributed by atoms with E-state index in [1.807, 2.05) is 6.07 Å². The standard InChI is InChI=1S/C10H15NO2S/c12-7-2-1-3-8-14(13)10-5-4-6-11-9-10/h4-6,9,12H,1-3,7-8H2. The maximum atomic E-state index is 11.6. The van der Waals surface area contributed by atoms with Gasteiger partial charge in [0.15, 0.2) is 4.90 Å². The highest BCUT2D eigenvalue weighted by atomic mass is 32.2. The van der Waals surface area contributed by atoms with E-state index in [4.69, 9.17) is 5.11 Å². The third-order valence-corrected chi connectivity index (χ3v) is 3.31. The number of aliphatic hydroxyl groups excluding tert-OH is 1. The smallest absolute Gasteiger partial charge is 0.170 e. The van der Waals surface area contributed by atoms with Crippen LogP contribution in [-0.2, 0) is 11.2 Å². The van der Waals surface area contributed by atoms with Gasteiger partial charge in [0.25, 0.3) is 0 Å². The van der Waals surface area contributed by atoms with Gasteiger partial charge in [-0.25, -0.2) is 0 Å². The first-order valence-electron chi connectivity index (χ1n) is 4.74. The summed E-state index contributed by atoms with van der Waals surface area (Å²) in [6, 6.07) is 3.62. The Morgan fingerprint density at radius 1 is 1.36 bits per heavy atom. The lowest BCUT2D eigenvalue weighted by Crippen LogP contribution is -2.07. The Kier molecular flexibility index (Phi) is 5.59. The first-order valence-corrected chi connectivity index (χ1v) is 6.06. The molecule has 0 aliphatic carbocycles. The van der Waals surface area contributed by atoms with Crippen molar-refractivity contribution in [3.8, 4) is 0 Å². The van der Waals surface area contributed by atoms with Crippen LogP contribution in [0.4, 0.5) is 0 Å². The van der Waals surface area contributed by atoms with Crippen molar-refractivity contribution in [3.05, 3.63) is 24.5 Å². The molecule has 0 aliphatic rings. The fourth-order valence-electron chi connectivity index (χ4n) is 1.12. The molecule has 0 saturated carbocycles. The van der Waals surface area contributed by atoms with E-state index in [2.05, 4.69) is 4.98 Å². The van der Waals surface area contributed by atoms with Crippen LogP contribution in [0.5, 0.6) is 0 Å². The number of unbranched alkanes of at least 4 members (excludes halogenated alkanes) is 2. The van der Waals surface area contributed by atoms with Crippen LogP contribution in [0.15, 0.2) is 29.4 Å². The highest BCUT2D eigenvalue weighted by molar-refractivity contribution is 7.91. The summed E-state index contributed by atoms with van der Waals surface area (Å²) < 4.78 is 11.6. The van der Waals surface area contributed by atoms with E-state index in [1.165, 1.54) is 0 Å². The van der Waals surface area contributed by atoms with Crippen molar-refractivity contribution in [1.29, 1.82) is 0 Å². The van der Waals surface area contributed by atoms with Crippen molar-refractivity contribution < 1.29 is 9.66 Å². The van der Waals surface area contributed by atoms with Gasteiger partial charge in [0, 0.05) is 12.8 Å². The molecule has 1 rings (SSSR count). The van der Waals surface area contributed by atoms with Gasteiger partial charge >= 0.3 is 0 Å².